The number of phenolic OH excluding ortho intramolecular Hbond substituents is 2. The molecule has 0 aliphatic rings. The molecule has 0 fully saturated rings. The molecule has 5 aromatic rings. The molecule has 0 atom stereocenters. The maximum Gasteiger partial charge on any atom is 0.384 e. The lowest BCUT2D eigenvalue weighted by Gasteiger charge is -2.06. The van der Waals surface area contributed by atoms with Crippen molar-refractivity contribution in [1.82, 2.24) is 0 Å². The molecular formula is C20H13O5P. The lowest BCUT2D eigenvalue weighted by Crippen LogP contribution is -1.80. The van der Waals surface area contributed by atoms with Crippen LogP contribution in [-0.4, -0.2) is 15.1 Å². The minimum Gasteiger partial charge on any atom is -0.508 e. The quantitative estimate of drug-likeness (QED) is 0.325. The van der Waals surface area contributed by atoms with E-state index in [1.807, 2.05) is 24.3 Å². The summed E-state index contributed by atoms with van der Waals surface area (Å²) in [5.74, 6) is 0.263. The van der Waals surface area contributed by atoms with E-state index in [1.54, 1.807) is 36.4 Å². The molecule has 0 amide bonds. The SMILES string of the molecule is Oc1ccc2ccc3op(O)oc4ccc5ccc(O)cc5c4c3c2c1. The Morgan fingerprint density at radius 3 is 1.50 bits per heavy atom. The van der Waals surface area contributed by atoms with Crippen molar-refractivity contribution in [3.05, 3.63) is 60.7 Å². The van der Waals surface area contributed by atoms with Crippen LogP contribution in [0.3, 0.4) is 0 Å². The van der Waals surface area contributed by atoms with Crippen LogP contribution in [0.2, 0.25) is 0 Å². The van der Waals surface area contributed by atoms with Gasteiger partial charge in [-0.3, -0.25) is 4.89 Å². The van der Waals surface area contributed by atoms with Crippen LogP contribution >= 0.6 is 8.24 Å². The van der Waals surface area contributed by atoms with Gasteiger partial charge in [0.1, 0.15) is 22.7 Å². The van der Waals surface area contributed by atoms with Gasteiger partial charge in [0.25, 0.3) is 0 Å². The van der Waals surface area contributed by atoms with Crippen LogP contribution in [0.5, 0.6) is 11.5 Å². The molecule has 4 aromatic carbocycles. The van der Waals surface area contributed by atoms with E-state index >= 15 is 0 Å². The van der Waals surface area contributed by atoms with Crippen LogP contribution < -0.4 is 0 Å². The van der Waals surface area contributed by atoms with Crippen molar-refractivity contribution in [1.29, 1.82) is 0 Å². The van der Waals surface area contributed by atoms with Gasteiger partial charge in [0, 0.05) is 10.8 Å². The molecule has 5 nitrogen and oxygen atoms in total. The second-order valence-electron chi connectivity index (χ2n) is 6.11. The summed E-state index contributed by atoms with van der Waals surface area (Å²) < 4.78 is 11.2. The Bertz CT molecular complexity index is 1270. The van der Waals surface area contributed by atoms with Gasteiger partial charge >= 0.3 is 8.24 Å². The fourth-order valence-corrected chi connectivity index (χ4v) is 4.11. The van der Waals surface area contributed by atoms with E-state index in [1.165, 1.54) is 0 Å². The smallest absolute Gasteiger partial charge is 0.384 e. The number of benzene rings is 4. The van der Waals surface area contributed by atoms with Crippen molar-refractivity contribution in [3.8, 4) is 11.5 Å². The van der Waals surface area contributed by atoms with E-state index in [9.17, 15) is 15.1 Å². The molecule has 5 rings (SSSR count). The summed E-state index contributed by atoms with van der Waals surface area (Å²) in [6.45, 7) is 0. The molecule has 1 aromatic heterocycles. The number of aromatic hydroxyl groups is 2. The van der Waals surface area contributed by atoms with Gasteiger partial charge in [-0.05, 0) is 57.9 Å². The Morgan fingerprint density at radius 2 is 1.04 bits per heavy atom. The molecule has 0 aliphatic carbocycles. The van der Waals surface area contributed by atoms with Crippen LogP contribution in [0.4, 0.5) is 0 Å². The van der Waals surface area contributed by atoms with Crippen molar-refractivity contribution in [2.45, 2.75) is 0 Å². The third-order valence-electron chi connectivity index (χ3n) is 4.54. The Morgan fingerprint density at radius 1 is 0.615 bits per heavy atom. The van der Waals surface area contributed by atoms with Crippen molar-refractivity contribution < 1.29 is 23.5 Å². The van der Waals surface area contributed by atoms with Gasteiger partial charge in [0.2, 0.25) is 0 Å². The van der Waals surface area contributed by atoms with Crippen molar-refractivity contribution >= 4 is 51.7 Å². The third-order valence-corrected chi connectivity index (χ3v) is 5.24. The number of hydrogen-bond donors (Lipinski definition) is 3. The first-order chi connectivity index (χ1) is 12.6. The number of hydrogen-bond acceptors (Lipinski definition) is 5. The van der Waals surface area contributed by atoms with Crippen molar-refractivity contribution in [2.75, 3.05) is 0 Å². The molecule has 3 N–H and O–H groups in total. The predicted molar refractivity (Wildman–Crippen MR) is 102 cm³/mol. The Hall–Kier alpha value is -3.14. The fraction of sp³-hybridized carbons (Fsp3) is 0. The molecule has 26 heavy (non-hydrogen) atoms. The fourth-order valence-electron chi connectivity index (χ4n) is 3.43. The maximum absolute atomic E-state index is 10.2. The van der Waals surface area contributed by atoms with Crippen LogP contribution in [-0.2, 0) is 0 Å². The standard InChI is InChI=1S/C20H13O5P/c21-13-5-1-11-3-7-17-19(15(11)9-13)20-16-10-14(22)6-2-12(16)4-8-18(20)25-26(23)24-17/h1-10,21-23H. The summed E-state index contributed by atoms with van der Waals surface area (Å²) in [4.78, 5) is 10.2. The number of fused-ring (bicyclic) bond motifs is 7. The van der Waals surface area contributed by atoms with Crippen molar-refractivity contribution in [2.24, 2.45) is 0 Å². The van der Waals surface area contributed by atoms with E-state index in [2.05, 4.69) is 0 Å². The van der Waals surface area contributed by atoms with E-state index in [-0.39, 0.29) is 11.5 Å². The lowest BCUT2D eigenvalue weighted by atomic mass is 9.98. The molecule has 0 radical (unpaired) electrons. The Balaban J connectivity index is 2.21. The molecule has 128 valence electrons. The van der Waals surface area contributed by atoms with E-state index in [0.29, 0.717) is 21.9 Å². The topological polar surface area (TPSA) is 87.0 Å². The van der Waals surface area contributed by atoms with Gasteiger partial charge in [-0.2, -0.15) is 0 Å². The summed E-state index contributed by atoms with van der Waals surface area (Å²) in [5, 5.41) is 24.8. The average molecular weight is 364 g/mol. The van der Waals surface area contributed by atoms with Gasteiger partial charge in [0.05, 0.1) is 0 Å². The minimum atomic E-state index is -2.14. The molecule has 0 saturated heterocycles. The van der Waals surface area contributed by atoms with E-state index < -0.39 is 8.24 Å². The largest absolute Gasteiger partial charge is 0.508 e. The lowest BCUT2D eigenvalue weighted by molar-refractivity contribution is 0.475. The zero-order valence-corrected chi connectivity index (χ0v) is 14.3. The number of phenols is 2. The molecule has 0 spiro atoms. The summed E-state index contributed by atoms with van der Waals surface area (Å²) in [6.07, 6.45) is 0. The highest BCUT2D eigenvalue weighted by atomic mass is 31.1. The highest BCUT2D eigenvalue weighted by Gasteiger charge is 2.13. The second kappa shape index (κ2) is 5.43. The molecule has 0 saturated carbocycles. The summed E-state index contributed by atoms with van der Waals surface area (Å²) in [5.41, 5.74) is 0.928. The molecule has 6 heteroatoms. The highest BCUT2D eigenvalue weighted by Crippen LogP contribution is 2.40. The summed E-state index contributed by atoms with van der Waals surface area (Å²) >= 11 is 0. The summed E-state index contributed by atoms with van der Waals surface area (Å²) in [6, 6.07) is 17.5. The van der Waals surface area contributed by atoms with E-state index in [4.69, 9.17) is 8.39 Å². The number of rotatable bonds is 0. The minimum absolute atomic E-state index is 0.131. The Kier molecular flexibility index (Phi) is 3.16. The van der Waals surface area contributed by atoms with E-state index in [0.717, 1.165) is 21.5 Å². The molecule has 0 bridgehead atoms. The van der Waals surface area contributed by atoms with Gasteiger partial charge < -0.3 is 18.6 Å². The Labute approximate surface area is 148 Å². The molecule has 0 unspecified atom stereocenters. The first-order valence-corrected chi connectivity index (χ1v) is 9.10. The van der Waals surface area contributed by atoms with Crippen molar-refractivity contribution in [3.63, 3.8) is 0 Å². The average Bonchev–Trinajstić information content (AvgIpc) is 2.77. The van der Waals surface area contributed by atoms with Gasteiger partial charge in [-0.15, -0.1) is 0 Å². The van der Waals surface area contributed by atoms with Crippen LogP contribution in [0.15, 0.2) is 69.1 Å². The van der Waals surface area contributed by atoms with Crippen LogP contribution in [0.1, 0.15) is 0 Å². The first kappa shape index (κ1) is 15.1. The zero-order valence-electron chi connectivity index (χ0n) is 13.4. The highest BCUT2D eigenvalue weighted by molar-refractivity contribution is 7.30. The van der Waals surface area contributed by atoms with Gasteiger partial charge in [-0.25, -0.2) is 0 Å². The monoisotopic (exact) mass is 364 g/mol. The zero-order chi connectivity index (χ0) is 17.8. The van der Waals surface area contributed by atoms with Gasteiger partial charge in [0.15, 0.2) is 0 Å². The molecule has 0 aliphatic heterocycles. The maximum atomic E-state index is 10.2. The second-order valence-corrected chi connectivity index (χ2v) is 6.95. The molecular weight excluding hydrogens is 351 g/mol. The van der Waals surface area contributed by atoms with Crippen LogP contribution in [0, 0.1) is 0 Å². The molecule has 1 heterocycles. The van der Waals surface area contributed by atoms with Crippen LogP contribution in [0.25, 0.3) is 43.5 Å². The predicted octanol–water partition coefficient (Wildman–Crippen LogP) is 5.76. The third kappa shape index (κ3) is 2.22. The normalized spacial score (nSPS) is 11.6. The summed E-state index contributed by atoms with van der Waals surface area (Å²) in [7, 11) is -2.14. The first-order valence-electron chi connectivity index (χ1n) is 7.97. The van der Waals surface area contributed by atoms with Gasteiger partial charge in [-0.1, -0.05) is 24.3 Å².